The van der Waals surface area contributed by atoms with Crippen LogP contribution in [-0.4, -0.2) is 20.3 Å². The fourth-order valence-electron chi connectivity index (χ4n) is 2.64. The molecule has 0 spiro atoms. The Kier molecular flexibility index (Phi) is 5.34. The standard InChI is InChI=1S/C15H22ClNO2/c1-18-14-9-11(8-13(16)15(14)19-2)10-17-12-6-4-3-5-7-12/h8-9,12,17H,3-7,10H2,1-2H3. The molecular formula is C15H22ClNO2. The van der Waals surface area contributed by atoms with Gasteiger partial charge in [-0.1, -0.05) is 30.9 Å². The van der Waals surface area contributed by atoms with Crippen molar-refractivity contribution in [3.63, 3.8) is 0 Å². The summed E-state index contributed by atoms with van der Waals surface area (Å²) in [7, 11) is 3.23. The Morgan fingerprint density at radius 2 is 1.89 bits per heavy atom. The highest BCUT2D eigenvalue weighted by molar-refractivity contribution is 6.32. The van der Waals surface area contributed by atoms with E-state index >= 15 is 0 Å². The summed E-state index contributed by atoms with van der Waals surface area (Å²) in [6.45, 7) is 0.824. The van der Waals surface area contributed by atoms with Gasteiger partial charge in [0.05, 0.1) is 19.2 Å². The Hall–Kier alpha value is -0.930. The van der Waals surface area contributed by atoms with Gasteiger partial charge in [-0.2, -0.15) is 0 Å². The third-order valence-corrected chi connectivity index (χ3v) is 3.97. The van der Waals surface area contributed by atoms with Gasteiger partial charge >= 0.3 is 0 Å². The SMILES string of the molecule is COc1cc(CNC2CCCCC2)cc(Cl)c1OC. The summed E-state index contributed by atoms with van der Waals surface area (Å²) in [6, 6.07) is 4.57. The van der Waals surface area contributed by atoms with Crippen molar-refractivity contribution in [1.82, 2.24) is 5.32 Å². The molecule has 4 heteroatoms. The molecule has 0 aromatic heterocycles. The Morgan fingerprint density at radius 1 is 1.16 bits per heavy atom. The minimum Gasteiger partial charge on any atom is -0.493 e. The van der Waals surface area contributed by atoms with E-state index in [0.29, 0.717) is 22.6 Å². The molecule has 0 unspecified atom stereocenters. The average molecular weight is 284 g/mol. The first-order valence-corrected chi connectivity index (χ1v) is 7.26. The normalized spacial score (nSPS) is 16.4. The van der Waals surface area contributed by atoms with E-state index in [4.69, 9.17) is 21.1 Å². The second kappa shape index (κ2) is 7.01. The van der Waals surface area contributed by atoms with Crippen LogP contribution in [0.25, 0.3) is 0 Å². The Labute approximate surface area is 120 Å². The largest absolute Gasteiger partial charge is 0.493 e. The lowest BCUT2D eigenvalue weighted by Crippen LogP contribution is -2.30. The summed E-state index contributed by atoms with van der Waals surface area (Å²) in [5.41, 5.74) is 1.13. The van der Waals surface area contributed by atoms with Gasteiger partial charge in [0, 0.05) is 12.6 Å². The topological polar surface area (TPSA) is 30.5 Å². The predicted molar refractivity (Wildman–Crippen MR) is 78.3 cm³/mol. The zero-order valence-electron chi connectivity index (χ0n) is 11.7. The molecule has 106 valence electrons. The van der Waals surface area contributed by atoms with E-state index in [-0.39, 0.29) is 0 Å². The van der Waals surface area contributed by atoms with Crippen molar-refractivity contribution in [3.05, 3.63) is 22.7 Å². The van der Waals surface area contributed by atoms with E-state index < -0.39 is 0 Å². The smallest absolute Gasteiger partial charge is 0.179 e. The molecule has 2 rings (SSSR count). The predicted octanol–water partition coefficient (Wildman–Crippen LogP) is 3.78. The van der Waals surface area contributed by atoms with Gasteiger partial charge in [0.1, 0.15) is 0 Å². The molecule has 1 fully saturated rings. The van der Waals surface area contributed by atoms with Crippen molar-refractivity contribution >= 4 is 11.6 Å². The molecule has 3 nitrogen and oxygen atoms in total. The average Bonchev–Trinajstić information content (AvgIpc) is 2.45. The third-order valence-electron chi connectivity index (χ3n) is 3.69. The van der Waals surface area contributed by atoms with Crippen molar-refractivity contribution in [3.8, 4) is 11.5 Å². The zero-order chi connectivity index (χ0) is 13.7. The summed E-state index contributed by atoms with van der Waals surface area (Å²) >= 11 is 6.20. The lowest BCUT2D eigenvalue weighted by atomic mass is 9.95. The molecule has 0 radical (unpaired) electrons. The van der Waals surface area contributed by atoms with Crippen LogP contribution < -0.4 is 14.8 Å². The quantitative estimate of drug-likeness (QED) is 0.892. The van der Waals surface area contributed by atoms with E-state index in [1.165, 1.54) is 32.1 Å². The van der Waals surface area contributed by atoms with Gasteiger partial charge in [-0.15, -0.1) is 0 Å². The lowest BCUT2D eigenvalue weighted by molar-refractivity contribution is 0.353. The van der Waals surface area contributed by atoms with Crippen molar-refractivity contribution in [2.24, 2.45) is 0 Å². The third kappa shape index (κ3) is 3.77. The maximum absolute atomic E-state index is 6.20. The van der Waals surface area contributed by atoms with Crippen LogP contribution in [0.15, 0.2) is 12.1 Å². The van der Waals surface area contributed by atoms with Crippen LogP contribution in [0.5, 0.6) is 11.5 Å². The second-order valence-electron chi connectivity index (χ2n) is 5.03. The monoisotopic (exact) mass is 283 g/mol. The van der Waals surface area contributed by atoms with Gasteiger partial charge in [0.25, 0.3) is 0 Å². The first-order chi connectivity index (χ1) is 9.24. The summed E-state index contributed by atoms with van der Waals surface area (Å²) < 4.78 is 10.6. The fourth-order valence-corrected chi connectivity index (χ4v) is 2.95. The van der Waals surface area contributed by atoms with Crippen molar-refractivity contribution in [2.75, 3.05) is 14.2 Å². The van der Waals surface area contributed by atoms with Crippen LogP contribution in [0.4, 0.5) is 0 Å². The van der Waals surface area contributed by atoms with E-state index in [2.05, 4.69) is 5.32 Å². The molecule has 1 aliphatic carbocycles. The number of hydrogen-bond acceptors (Lipinski definition) is 3. The zero-order valence-corrected chi connectivity index (χ0v) is 12.4. The molecule has 1 aromatic rings. The van der Waals surface area contributed by atoms with E-state index in [9.17, 15) is 0 Å². The van der Waals surface area contributed by atoms with Gasteiger partial charge in [-0.25, -0.2) is 0 Å². The van der Waals surface area contributed by atoms with Gasteiger partial charge in [-0.3, -0.25) is 0 Å². The molecule has 0 saturated heterocycles. The molecule has 1 N–H and O–H groups in total. The highest BCUT2D eigenvalue weighted by atomic mass is 35.5. The molecule has 1 saturated carbocycles. The van der Waals surface area contributed by atoms with Crippen molar-refractivity contribution < 1.29 is 9.47 Å². The molecule has 1 aromatic carbocycles. The van der Waals surface area contributed by atoms with Crippen LogP contribution in [0, 0.1) is 0 Å². The van der Waals surface area contributed by atoms with E-state index in [0.717, 1.165) is 12.1 Å². The van der Waals surface area contributed by atoms with Gasteiger partial charge in [0.2, 0.25) is 0 Å². The Morgan fingerprint density at radius 3 is 2.53 bits per heavy atom. The van der Waals surface area contributed by atoms with Crippen LogP contribution in [0.1, 0.15) is 37.7 Å². The van der Waals surface area contributed by atoms with Crippen LogP contribution in [-0.2, 0) is 6.54 Å². The Bertz CT molecular complexity index is 417. The summed E-state index contributed by atoms with van der Waals surface area (Å²) in [5, 5.41) is 4.20. The van der Waals surface area contributed by atoms with Gasteiger partial charge in [-0.05, 0) is 30.5 Å². The first-order valence-electron chi connectivity index (χ1n) is 6.88. The highest BCUT2D eigenvalue weighted by Gasteiger charge is 2.14. The van der Waals surface area contributed by atoms with E-state index in [1.54, 1.807) is 14.2 Å². The summed E-state index contributed by atoms with van der Waals surface area (Å²) in [4.78, 5) is 0. The number of rotatable bonds is 5. The molecule has 0 bridgehead atoms. The number of methoxy groups -OCH3 is 2. The van der Waals surface area contributed by atoms with Crippen molar-refractivity contribution in [2.45, 2.75) is 44.7 Å². The molecule has 19 heavy (non-hydrogen) atoms. The minimum absolute atomic E-state index is 0.599. The molecule has 1 aliphatic rings. The maximum Gasteiger partial charge on any atom is 0.179 e. The summed E-state index contributed by atoms with van der Waals surface area (Å²) in [5.74, 6) is 1.29. The van der Waals surface area contributed by atoms with Crippen LogP contribution >= 0.6 is 11.6 Å². The molecule has 0 atom stereocenters. The number of ether oxygens (including phenoxy) is 2. The molecule has 0 amide bonds. The van der Waals surface area contributed by atoms with Crippen molar-refractivity contribution in [1.29, 1.82) is 0 Å². The Balaban J connectivity index is 2.01. The first kappa shape index (κ1) is 14.5. The molecule has 0 aliphatic heterocycles. The molecule has 0 heterocycles. The van der Waals surface area contributed by atoms with Gasteiger partial charge in [0.15, 0.2) is 11.5 Å². The lowest BCUT2D eigenvalue weighted by Gasteiger charge is -2.23. The van der Waals surface area contributed by atoms with Gasteiger partial charge < -0.3 is 14.8 Å². The number of benzene rings is 1. The minimum atomic E-state index is 0.599. The van der Waals surface area contributed by atoms with Crippen LogP contribution in [0.2, 0.25) is 5.02 Å². The number of nitrogens with one attached hydrogen (secondary N) is 1. The maximum atomic E-state index is 6.20. The van der Waals surface area contributed by atoms with E-state index in [1.807, 2.05) is 12.1 Å². The number of hydrogen-bond donors (Lipinski definition) is 1. The summed E-state index contributed by atoms with van der Waals surface area (Å²) in [6.07, 6.45) is 6.61. The second-order valence-corrected chi connectivity index (χ2v) is 5.44. The molecular weight excluding hydrogens is 262 g/mol. The fraction of sp³-hybridized carbons (Fsp3) is 0.600. The highest BCUT2D eigenvalue weighted by Crippen LogP contribution is 2.36. The number of halogens is 1. The van der Waals surface area contributed by atoms with Crippen LogP contribution in [0.3, 0.4) is 0 Å².